The second-order valence-corrected chi connectivity index (χ2v) is 1.80. The number of aliphatic hydroxyl groups is 1. The Labute approximate surface area is 60.3 Å². The fourth-order valence-electron chi connectivity index (χ4n) is 0.464. The average molecular weight is 144 g/mol. The summed E-state index contributed by atoms with van der Waals surface area (Å²) in [7, 11) is 1.24. The van der Waals surface area contributed by atoms with Crippen LogP contribution in [0.15, 0.2) is 12.2 Å². The first-order chi connectivity index (χ1) is 4.72. The predicted molar refractivity (Wildman–Crippen MR) is 37.5 cm³/mol. The lowest BCUT2D eigenvalue weighted by molar-refractivity contribution is -0.147. The molecule has 0 aromatic carbocycles. The summed E-state index contributed by atoms with van der Waals surface area (Å²) in [5, 5.41) is 8.89. The third-order valence-corrected chi connectivity index (χ3v) is 0.997. The van der Waals surface area contributed by atoms with Gasteiger partial charge < -0.3 is 9.84 Å². The molecule has 1 unspecified atom stereocenters. The van der Waals surface area contributed by atoms with Crippen LogP contribution in [0.5, 0.6) is 0 Å². The maximum Gasteiger partial charge on any atom is 0.338 e. The molecule has 1 atom stereocenters. The lowest BCUT2D eigenvalue weighted by Gasteiger charge is -2.00. The van der Waals surface area contributed by atoms with Gasteiger partial charge in [0, 0.05) is 0 Å². The molecule has 3 heteroatoms. The van der Waals surface area contributed by atoms with Crippen LogP contribution in [-0.2, 0) is 9.53 Å². The van der Waals surface area contributed by atoms with Gasteiger partial charge in [-0.1, -0.05) is 13.0 Å². The second kappa shape index (κ2) is 4.99. The number of methoxy groups -OCH3 is 1. The van der Waals surface area contributed by atoms with Gasteiger partial charge in [0.25, 0.3) is 0 Å². The van der Waals surface area contributed by atoms with Crippen LogP contribution in [0, 0.1) is 0 Å². The van der Waals surface area contributed by atoms with Crippen molar-refractivity contribution in [1.82, 2.24) is 0 Å². The van der Waals surface area contributed by atoms with Gasteiger partial charge in [0.2, 0.25) is 0 Å². The van der Waals surface area contributed by atoms with E-state index in [1.807, 2.05) is 6.92 Å². The Hall–Kier alpha value is -0.830. The maximum atomic E-state index is 10.5. The molecule has 0 fully saturated rings. The van der Waals surface area contributed by atoms with E-state index in [1.54, 1.807) is 6.08 Å². The summed E-state index contributed by atoms with van der Waals surface area (Å²) < 4.78 is 4.27. The van der Waals surface area contributed by atoms with Crippen molar-refractivity contribution in [3.63, 3.8) is 0 Å². The molecule has 0 radical (unpaired) electrons. The molecule has 0 aliphatic carbocycles. The van der Waals surface area contributed by atoms with Crippen LogP contribution in [-0.4, -0.2) is 24.3 Å². The molecule has 0 heterocycles. The Morgan fingerprint density at radius 1 is 1.80 bits per heavy atom. The number of hydrogen-bond donors (Lipinski definition) is 1. The number of carbonyl (C=O) groups excluding carboxylic acids is 1. The molecule has 0 aliphatic heterocycles. The Morgan fingerprint density at radius 3 is 2.80 bits per heavy atom. The lowest BCUT2D eigenvalue weighted by Crippen LogP contribution is -2.18. The van der Waals surface area contributed by atoms with Gasteiger partial charge in [-0.15, -0.1) is 0 Å². The summed E-state index contributed by atoms with van der Waals surface area (Å²) in [5.41, 5.74) is 0. The van der Waals surface area contributed by atoms with Gasteiger partial charge in [0.15, 0.2) is 6.10 Å². The van der Waals surface area contributed by atoms with Gasteiger partial charge in [0.05, 0.1) is 7.11 Å². The first-order valence-corrected chi connectivity index (χ1v) is 3.15. The zero-order valence-corrected chi connectivity index (χ0v) is 6.20. The minimum absolute atomic E-state index is 0.621. The fraction of sp³-hybridized carbons (Fsp3) is 0.571. The summed E-state index contributed by atoms with van der Waals surface area (Å²) in [6.07, 6.45) is 2.81. The molecule has 0 amide bonds. The largest absolute Gasteiger partial charge is 0.467 e. The Balaban J connectivity index is 3.72. The number of allylic oxidation sites excluding steroid dienone is 1. The van der Waals surface area contributed by atoms with E-state index in [4.69, 9.17) is 5.11 Å². The third-order valence-electron chi connectivity index (χ3n) is 0.997. The number of aliphatic hydroxyl groups excluding tert-OH is 1. The maximum absolute atomic E-state index is 10.5. The van der Waals surface area contributed by atoms with Crippen LogP contribution >= 0.6 is 0 Å². The number of hydrogen-bond acceptors (Lipinski definition) is 3. The topological polar surface area (TPSA) is 46.5 Å². The molecule has 0 aromatic heterocycles. The van der Waals surface area contributed by atoms with Crippen LogP contribution < -0.4 is 0 Å². The van der Waals surface area contributed by atoms with Gasteiger partial charge in [0.1, 0.15) is 0 Å². The molecule has 1 N–H and O–H groups in total. The first kappa shape index (κ1) is 9.17. The molecular formula is C7H12O3. The Kier molecular flexibility index (Phi) is 4.58. The van der Waals surface area contributed by atoms with Crippen molar-refractivity contribution >= 4 is 5.97 Å². The standard InChI is InChI=1S/C7H12O3/c1-3-4-5-6(8)7(9)10-2/h4-6,8H,3H2,1-2H3. The summed E-state index contributed by atoms with van der Waals surface area (Å²) >= 11 is 0. The van der Waals surface area contributed by atoms with Crippen molar-refractivity contribution in [2.24, 2.45) is 0 Å². The minimum Gasteiger partial charge on any atom is -0.467 e. The molecule has 0 bridgehead atoms. The van der Waals surface area contributed by atoms with E-state index in [9.17, 15) is 4.79 Å². The molecule has 0 aromatic rings. The van der Waals surface area contributed by atoms with Crippen LogP contribution in [0.2, 0.25) is 0 Å². The summed E-state index contributed by atoms with van der Waals surface area (Å²) in [4.78, 5) is 10.5. The Bertz CT molecular complexity index is 129. The van der Waals surface area contributed by atoms with E-state index in [0.717, 1.165) is 6.42 Å². The van der Waals surface area contributed by atoms with Gasteiger partial charge in [-0.2, -0.15) is 0 Å². The molecule has 0 saturated carbocycles. The van der Waals surface area contributed by atoms with Gasteiger partial charge in [-0.25, -0.2) is 4.79 Å². The van der Waals surface area contributed by atoms with Crippen molar-refractivity contribution in [2.45, 2.75) is 19.4 Å². The zero-order valence-electron chi connectivity index (χ0n) is 6.20. The van der Waals surface area contributed by atoms with E-state index in [0.29, 0.717) is 0 Å². The van der Waals surface area contributed by atoms with Crippen LogP contribution in [0.25, 0.3) is 0 Å². The highest BCUT2D eigenvalue weighted by Crippen LogP contribution is 1.90. The lowest BCUT2D eigenvalue weighted by atomic mass is 10.3. The monoisotopic (exact) mass is 144 g/mol. The van der Waals surface area contributed by atoms with Gasteiger partial charge in [-0.3, -0.25) is 0 Å². The van der Waals surface area contributed by atoms with E-state index in [2.05, 4.69) is 4.74 Å². The molecule has 3 nitrogen and oxygen atoms in total. The highest BCUT2D eigenvalue weighted by atomic mass is 16.5. The Morgan fingerprint density at radius 2 is 2.40 bits per heavy atom. The molecule has 0 spiro atoms. The molecule has 0 saturated heterocycles. The number of rotatable bonds is 3. The van der Waals surface area contributed by atoms with Crippen molar-refractivity contribution in [1.29, 1.82) is 0 Å². The first-order valence-electron chi connectivity index (χ1n) is 3.15. The zero-order chi connectivity index (χ0) is 7.98. The normalized spacial score (nSPS) is 13.5. The average Bonchev–Trinajstić information content (AvgIpc) is 1.98. The van der Waals surface area contributed by atoms with Crippen molar-refractivity contribution in [3.8, 4) is 0 Å². The number of ether oxygens (including phenoxy) is 1. The minimum atomic E-state index is -1.11. The quantitative estimate of drug-likeness (QED) is 0.463. The molecule has 0 aliphatic rings. The van der Waals surface area contributed by atoms with Crippen molar-refractivity contribution in [3.05, 3.63) is 12.2 Å². The van der Waals surface area contributed by atoms with E-state index in [1.165, 1.54) is 13.2 Å². The van der Waals surface area contributed by atoms with E-state index in [-0.39, 0.29) is 0 Å². The second-order valence-electron chi connectivity index (χ2n) is 1.80. The number of esters is 1. The number of carbonyl (C=O) groups is 1. The summed E-state index contributed by atoms with van der Waals surface area (Å²) in [6.45, 7) is 1.92. The third kappa shape index (κ3) is 3.25. The molecular weight excluding hydrogens is 132 g/mol. The predicted octanol–water partition coefficient (Wildman–Crippen LogP) is 0.486. The van der Waals surface area contributed by atoms with Crippen LogP contribution in [0.4, 0.5) is 0 Å². The summed E-state index contributed by atoms with van der Waals surface area (Å²) in [5.74, 6) is -0.621. The van der Waals surface area contributed by atoms with Crippen molar-refractivity contribution < 1.29 is 14.6 Å². The summed E-state index contributed by atoms with van der Waals surface area (Å²) in [6, 6.07) is 0. The van der Waals surface area contributed by atoms with Crippen LogP contribution in [0.3, 0.4) is 0 Å². The highest BCUT2D eigenvalue weighted by molar-refractivity contribution is 5.76. The van der Waals surface area contributed by atoms with E-state index < -0.39 is 12.1 Å². The van der Waals surface area contributed by atoms with Crippen LogP contribution in [0.1, 0.15) is 13.3 Å². The molecule has 58 valence electrons. The highest BCUT2D eigenvalue weighted by Gasteiger charge is 2.09. The smallest absolute Gasteiger partial charge is 0.338 e. The molecule has 10 heavy (non-hydrogen) atoms. The SMILES string of the molecule is CCC=CC(O)C(=O)OC. The van der Waals surface area contributed by atoms with Gasteiger partial charge in [-0.05, 0) is 12.5 Å². The van der Waals surface area contributed by atoms with E-state index >= 15 is 0 Å². The van der Waals surface area contributed by atoms with Crippen molar-refractivity contribution in [2.75, 3.05) is 7.11 Å². The van der Waals surface area contributed by atoms with Gasteiger partial charge >= 0.3 is 5.97 Å². The fourth-order valence-corrected chi connectivity index (χ4v) is 0.464. The molecule has 0 rings (SSSR count).